The predicted octanol–water partition coefficient (Wildman–Crippen LogP) is 1.94. The molecule has 1 aliphatic rings. The topological polar surface area (TPSA) is 54.5 Å². The lowest BCUT2D eigenvalue weighted by Crippen LogP contribution is -2.43. The number of carbonyl (C=O) groups excluding carboxylic acids is 1. The van der Waals surface area contributed by atoms with Crippen molar-refractivity contribution in [2.75, 3.05) is 13.1 Å². The summed E-state index contributed by atoms with van der Waals surface area (Å²) in [6.45, 7) is 2.24. The Bertz CT molecular complexity index is 570. The van der Waals surface area contributed by atoms with Crippen molar-refractivity contribution in [1.29, 1.82) is 0 Å². The number of carbonyl (C=O) groups is 1. The number of Topliss-reactive ketones (excluding diaryl/α,β-unsaturated/α-hetero) is 1. The van der Waals surface area contributed by atoms with E-state index in [0.717, 1.165) is 0 Å². The van der Waals surface area contributed by atoms with E-state index >= 15 is 0 Å². The van der Waals surface area contributed by atoms with Crippen LogP contribution in [0.4, 0.5) is 0 Å². The molecule has 1 aliphatic heterocycles. The lowest BCUT2D eigenvalue weighted by Gasteiger charge is -2.29. The van der Waals surface area contributed by atoms with Crippen molar-refractivity contribution in [3.63, 3.8) is 0 Å². The summed E-state index contributed by atoms with van der Waals surface area (Å²) in [6, 6.07) is 6.18. The average Bonchev–Trinajstić information content (AvgIpc) is 2.32. The average molecular weight is 288 g/mol. The van der Waals surface area contributed by atoms with E-state index in [1.165, 1.54) is 16.4 Å². The van der Waals surface area contributed by atoms with Gasteiger partial charge in [0.05, 0.1) is 4.90 Å². The highest BCUT2D eigenvalue weighted by atomic mass is 35.5. The number of hydrogen-bond acceptors (Lipinski definition) is 3. The van der Waals surface area contributed by atoms with Gasteiger partial charge in [0.15, 0.2) is 0 Å². The molecule has 1 saturated heterocycles. The second-order valence-corrected chi connectivity index (χ2v) is 6.81. The lowest BCUT2D eigenvalue weighted by molar-refractivity contribution is -0.124. The Morgan fingerprint density at radius 3 is 2.72 bits per heavy atom. The first-order chi connectivity index (χ1) is 8.41. The van der Waals surface area contributed by atoms with Crippen molar-refractivity contribution >= 4 is 27.4 Å². The van der Waals surface area contributed by atoms with Crippen molar-refractivity contribution in [2.24, 2.45) is 5.92 Å². The molecule has 1 fully saturated rings. The lowest BCUT2D eigenvalue weighted by atomic mass is 10.0. The third-order valence-corrected chi connectivity index (χ3v) is 5.16. The maximum Gasteiger partial charge on any atom is 0.243 e. The SMILES string of the molecule is CC1CN(S(=O)(=O)c2cccc(Cl)c2)CCC1=O. The van der Waals surface area contributed by atoms with E-state index in [2.05, 4.69) is 0 Å². The molecule has 0 radical (unpaired) electrons. The number of benzene rings is 1. The van der Waals surface area contributed by atoms with Gasteiger partial charge in [-0.15, -0.1) is 0 Å². The van der Waals surface area contributed by atoms with E-state index in [9.17, 15) is 13.2 Å². The van der Waals surface area contributed by atoms with Crippen LogP contribution >= 0.6 is 11.6 Å². The second kappa shape index (κ2) is 4.99. The summed E-state index contributed by atoms with van der Waals surface area (Å²) in [5.74, 6) is -0.125. The molecule has 6 heteroatoms. The molecule has 1 unspecified atom stereocenters. The molecular weight excluding hydrogens is 274 g/mol. The molecular formula is C12H14ClNO3S. The van der Waals surface area contributed by atoms with Crippen LogP contribution in [-0.4, -0.2) is 31.6 Å². The van der Waals surface area contributed by atoms with Crippen LogP contribution in [0.3, 0.4) is 0 Å². The standard InChI is InChI=1S/C12H14ClNO3S/c1-9-8-14(6-5-12(9)15)18(16,17)11-4-2-3-10(13)7-11/h2-4,7,9H,5-6,8H2,1H3. The first kappa shape index (κ1) is 13.5. The monoisotopic (exact) mass is 287 g/mol. The molecule has 1 heterocycles. The van der Waals surface area contributed by atoms with Gasteiger partial charge in [0.1, 0.15) is 5.78 Å². The van der Waals surface area contributed by atoms with Crippen LogP contribution in [0.5, 0.6) is 0 Å². The molecule has 0 aromatic heterocycles. The fraction of sp³-hybridized carbons (Fsp3) is 0.417. The quantitative estimate of drug-likeness (QED) is 0.835. The van der Waals surface area contributed by atoms with Crippen LogP contribution in [0.15, 0.2) is 29.2 Å². The molecule has 0 saturated carbocycles. The second-order valence-electron chi connectivity index (χ2n) is 4.44. The summed E-state index contributed by atoms with van der Waals surface area (Å²) in [6.07, 6.45) is 0.279. The molecule has 0 spiro atoms. The van der Waals surface area contributed by atoms with Crippen LogP contribution in [0.1, 0.15) is 13.3 Å². The van der Waals surface area contributed by atoms with Crippen molar-refractivity contribution in [3.8, 4) is 0 Å². The van der Waals surface area contributed by atoms with Gasteiger partial charge in [0.25, 0.3) is 0 Å². The zero-order valence-electron chi connectivity index (χ0n) is 9.97. The summed E-state index contributed by atoms with van der Waals surface area (Å²) in [5.41, 5.74) is 0. The molecule has 0 bridgehead atoms. The van der Waals surface area contributed by atoms with Gasteiger partial charge >= 0.3 is 0 Å². The molecule has 0 amide bonds. The van der Waals surface area contributed by atoms with Crippen molar-refractivity contribution in [1.82, 2.24) is 4.31 Å². The Balaban J connectivity index is 2.29. The zero-order valence-corrected chi connectivity index (χ0v) is 11.5. The van der Waals surface area contributed by atoms with Crippen molar-refractivity contribution in [2.45, 2.75) is 18.2 Å². The summed E-state index contributed by atoms with van der Waals surface area (Å²) < 4.78 is 26.0. The fourth-order valence-electron chi connectivity index (χ4n) is 1.97. The van der Waals surface area contributed by atoms with Crippen LogP contribution in [0.2, 0.25) is 5.02 Å². The minimum atomic E-state index is -3.54. The Morgan fingerprint density at radius 1 is 1.39 bits per heavy atom. The molecule has 98 valence electrons. The smallest absolute Gasteiger partial charge is 0.243 e. The molecule has 1 aromatic rings. The van der Waals surface area contributed by atoms with Gasteiger partial charge < -0.3 is 0 Å². The van der Waals surface area contributed by atoms with Crippen LogP contribution in [-0.2, 0) is 14.8 Å². The van der Waals surface area contributed by atoms with E-state index in [1.54, 1.807) is 19.1 Å². The van der Waals surface area contributed by atoms with E-state index in [1.807, 2.05) is 0 Å². The maximum atomic E-state index is 12.3. The number of piperidine rings is 1. The van der Waals surface area contributed by atoms with E-state index < -0.39 is 10.0 Å². The third-order valence-electron chi connectivity index (χ3n) is 3.07. The first-order valence-corrected chi connectivity index (χ1v) is 7.51. The largest absolute Gasteiger partial charge is 0.299 e. The normalized spacial score (nSPS) is 22.1. The van der Waals surface area contributed by atoms with Crippen LogP contribution in [0.25, 0.3) is 0 Å². The van der Waals surface area contributed by atoms with Gasteiger partial charge in [-0.05, 0) is 18.2 Å². The minimum Gasteiger partial charge on any atom is -0.299 e. The van der Waals surface area contributed by atoms with E-state index in [0.29, 0.717) is 5.02 Å². The predicted molar refractivity (Wildman–Crippen MR) is 69.0 cm³/mol. The maximum absolute atomic E-state index is 12.3. The summed E-state index contributed by atoms with van der Waals surface area (Å²) in [7, 11) is -3.54. The highest BCUT2D eigenvalue weighted by Gasteiger charge is 2.32. The molecule has 4 nitrogen and oxygen atoms in total. The number of hydrogen-bond donors (Lipinski definition) is 0. The zero-order chi connectivity index (χ0) is 13.3. The number of nitrogens with zero attached hydrogens (tertiary/aromatic N) is 1. The van der Waals surface area contributed by atoms with Crippen LogP contribution in [0, 0.1) is 5.92 Å². The molecule has 0 aliphatic carbocycles. The number of ketones is 1. The van der Waals surface area contributed by atoms with Gasteiger partial charge in [0.2, 0.25) is 10.0 Å². The molecule has 1 atom stereocenters. The van der Waals surface area contributed by atoms with E-state index in [-0.39, 0.29) is 36.1 Å². The van der Waals surface area contributed by atoms with E-state index in [4.69, 9.17) is 11.6 Å². The van der Waals surface area contributed by atoms with Crippen molar-refractivity contribution in [3.05, 3.63) is 29.3 Å². The Kier molecular flexibility index (Phi) is 3.75. The Labute approximate surface area is 112 Å². The minimum absolute atomic E-state index is 0.118. The molecule has 1 aromatic carbocycles. The van der Waals surface area contributed by atoms with Gasteiger partial charge in [-0.25, -0.2) is 8.42 Å². The summed E-state index contributed by atoms with van der Waals surface area (Å²) >= 11 is 5.80. The summed E-state index contributed by atoms with van der Waals surface area (Å²) in [4.78, 5) is 11.6. The summed E-state index contributed by atoms with van der Waals surface area (Å²) in [5, 5.41) is 0.386. The van der Waals surface area contributed by atoms with Crippen LogP contribution < -0.4 is 0 Å². The third kappa shape index (κ3) is 2.58. The molecule has 0 N–H and O–H groups in total. The van der Waals surface area contributed by atoms with Gasteiger partial charge in [-0.1, -0.05) is 24.6 Å². The number of sulfonamides is 1. The highest BCUT2D eigenvalue weighted by molar-refractivity contribution is 7.89. The Morgan fingerprint density at radius 2 is 2.11 bits per heavy atom. The number of rotatable bonds is 2. The molecule has 2 rings (SSSR count). The fourth-order valence-corrected chi connectivity index (χ4v) is 3.81. The van der Waals surface area contributed by atoms with Gasteiger partial charge in [0, 0.05) is 30.5 Å². The Hall–Kier alpha value is -0.910. The highest BCUT2D eigenvalue weighted by Crippen LogP contribution is 2.23. The molecule has 18 heavy (non-hydrogen) atoms. The van der Waals surface area contributed by atoms with Gasteiger partial charge in [-0.3, -0.25) is 4.79 Å². The first-order valence-electron chi connectivity index (χ1n) is 5.69. The van der Waals surface area contributed by atoms with Gasteiger partial charge in [-0.2, -0.15) is 4.31 Å². The number of halogens is 1. The van der Waals surface area contributed by atoms with Crippen molar-refractivity contribution < 1.29 is 13.2 Å².